The van der Waals surface area contributed by atoms with Gasteiger partial charge in [-0.3, -0.25) is 4.79 Å². The van der Waals surface area contributed by atoms with Crippen molar-refractivity contribution >= 4 is 12.2 Å². The molecule has 98 valence electrons. The highest BCUT2D eigenvalue weighted by molar-refractivity contribution is 5.67. The van der Waals surface area contributed by atoms with Gasteiger partial charge in [-0.1, -0.05) is 18.2 Å². The Kier molecular flexibility index (Phi) is 4.03. The van der Waals surface area contributed by atoms with Crippen LogP contribution in [0, 0.1) is 0 Å². The summed E-state index contributed by atoms with van der Waals surface area (Å²) in [6.07, 6.45) is 4.50. The Morgan fingerprint density at radius 2 is 2.00 bits per heavy atom. The molecule has 0 bridgehead atoms. The SMILES string of the molecule is CCOc1ccc(/C=C/c2cc(=O)c(O)co2)cc1. The zero-order valence-electron chi connectivity index (χ0n) is 10.5. The number of aromatic hydroxyl groups is 1. The van der Waals surface area contributed by atoms with Gasteiger partial charge >= 0.3 is 0 Å². The van der Waals surface area contributed by atoms with Crippen LogP contribution in [0.15, 0.2) is 45.8 Å². The molecule has 0 radical (unpaired) electrons. The molecule has 0 atom stereocenters. The van der Waals surface area contributed by atoms with Gasteiger partial charge in [0.2, 0.25) is 5.43 Å². The highest BCUT2D eigenvalue weighted by atomic mass is 16.5. The second-order valence-corrected chi connectivity index (χ2v) is 3.87. The van der Waals surface area contributed by atoms with E-state index in [-0.39, 0.29) is 0 Å². The zero-order chi connectivity index (χ0) is 13.7. The van der Waals surface area contributed by atoms with E-state index in [4.69, 9.17) is 14.3 Å². The molecule has 0 spiro atoms. The molecular weight excluding hydrogens is 244 g/mol. The number of hydrogen-bond donors (Lipinski definition) is 1. The monoisotopic (exact) mass is 258 g/mol. The molecular formula is C15H14O4. The van der Waals surface area contributed by atoms with Crippen LogP contribution in [-0.4, -0.2) is 11.7 Å². The minimum Gasteiger partial charge on any atom is -0.502 e. The lowest BCUT2D eigenvalue weighted by Crippen LogP contribution is -1.97. The summed E-state index contributed by atoms with van der Waals surface area (Å²) >= 11 is 0. The Labute approximate surface area is 110 Å². The van der Waals surface area contributed by atoms with Gasteiger partial charge in [-0.25, -0.2) is 0 Å². The molecule has 4 nitrogen and oxygen atoms in total. The molecule has 0 unspecified atom stereocenters. The third-order valence-electron chi connectivity index (χ3n) is 2.46. The molecule has 4 heteroatoms. The lowest BCUT2D eigenvalue weighted by Gasteiger charge is -2.02. The first-order chi connectivity index (χ1) is 9.19. The standard InChI is InChI=1S/C15H14O4/c1-2-18-12-6-3-11(4-7-12)5-8-13-9-14(16)15(17)10-19-13/h3-10,17H,2H2,1H3/b8-5+. The second-order valence-electron chi connectivity index (χ2n) is 3.87. The Bertz CT molecular complexity index is 623. The van der Waals surface area contributed by atoms with Crippen molar-refractivity contribution in [3.05, 3.63) is 58.1 Å². The van der Waals surface area contributed by atoms with E-state index in [0.29, 0.717) is 12.4 Å². The molecule has 0 aliphatic carbocycles. The van der Waals surface area contributed by atoms with Gasteiger partial charge in [-0.05, 0) is 30.7 Å². The van der Waals surface area contributed by atoms with Crippen LogP contribution in [0.1, 0.15) is 18.2 Å². The maximum Gasteiger partial charge on any atom is 0.227 e. The first-order valence-electron chi connectivity index (χ1n) is 5.92. The molecule has 19 heavy (non-hydrogen) atoms. The molecule has 2 aromatic rings. The van der Waals surface area contributed by atoms with Gasteiger partial charge < -0.3 is 14.3 Å². The summed E-state index contributed by atoms with van der Waals surface area (Å²) in [6.45, 7) is 2.56. The Morgan fingerprint density at radius 3 is 2.63 bits per heavy atom. The van der Waals surface area contributed by atoms with Gasteiger partial charge in [0.25, 0.3) is 0 Å². The predicted octanol–water partition coefficient (Wildman–Crippen LogP) is 2.91. The van der Waals surface area contributed by atoms with Crippen molar-refractivity contribution in [2.45, 2.75) is 6.92 Å². The molecule has 1 aromatic heterocycles. The van der Waals surface area contributed by atoms with Crippen molar-refractivity contribution in [3.8, 4) is 11.5 Å². The number of hydrogen-bond acceptors (Lipinski definition) is 4. The maximum atomic E-state index is 11.2. The van der Waals surface area contributed by atoms with Crippen molar-refractivity contribution < 1.29 is 14.3 Å². The summed E-state index contributed by atoms with van der Waals surface area (Å²) < 4.78 is 10.4. The maximum absolute atomic E-state index is 11.2. The van der Waals surface area contributed by atoms with Gasteiger partial charge in [-0.15, -0.1) is 0 Å². The van der Waals surface area contributed by atoms with Gasteiger partial charge in [0.15, 0.2) is 5.75 Å². The minimum atomic E-state index is -0.461. The van der Waals surface area contributed by atoms with Gasteiger partial charge in [-0.2, -0.15) is 0 Å². The first-order valence-corrected chi connectivity index (χ1v) is 5.92. The molecule has 0 aliphatic rings. The zero-order valence-corrected chi connectivity index (χ0v) is 10.5. The van der Waals surface area contributed by atoms with Crippen molar-refractivity contribution in [2.75, 3.05) is 6.61 Å². The fraction of sp³-hybridized carbons (Fsp3) is 0.133. The van der Waals surface area contributed by atoms with Crippen molar-refractivity contribution in [3.63, 3.8) is 0 Å². The molecule has 0 amide bonds. The Morgan fingerprint density at radius 1 is 1.26 bits per heavy atom. The predicted molar refractivity (Wildman–Crippen MR) is 73.2 cm³/mol. The van der Waals surface area contributed by atoms with Crippen molar-refractivity contribution in [1.29, 1.82) is 0 Å². The van der Waals surface area contributed by atoms with Gasteiger partial charge in [0.05, 0.1) is 6.61 Å². The van der Waals surface area contributed by atoms with E-state index < -0.39 is 11.2 Å². The lowest BCUT2D eigenvalue weighted by molar-refractivity contribution is 0.340. The summed E-state index contributed by atoms with van der Waals surface area (Å²) in [5.41, 5.74) is 0.497. The van der Waals surface area contributed by atoms with Crippen LogP contribution in [0.25, 0.3) is 12.2 Å². The normalized spacial score (nSPS) is 10.8. The third kappa shape index (κ3) is 3.48. The summed E-state index contributed by atoms with van der Waals surface area (Å²) in [7, 11) is 0. The fourth-order valence-electron chi connectivity index (χ4n) is 1.53. The highest BCUT2D eigenvalue weighted by Gasteiger charge is 1.98. The first kappa shape index (κ1) is 13.0. The van der Waals surface area contributed by atoms with Crippen molar-refractivity contribution in [1.82, 2.24) is 0 Å². The van der Waals surface area contributed by atoms with Gasteiger partial charge in [0, 0.05) is 6.07 Å². The van der Waals surface area contributed by atoms with E-state index >= 15 is 0 Å². The molecule has 2 rings (SSSR count). The second kappa shape index (κ2) is 5.91. The summed E-state index contributed by atoms with van der Waals surface area (Å²) in [6, 6.07) is 8.78. The van der Waals surface area contributed by atoms with Crippen LogP contribution in [0.3, 0.4) is 0 Å². The molecule has 1 aromatic carbocycles. The summed E-state index contributed by atoms with van der Waals surface area (Å²) in [5, 5.41) is 9.07. The smallest absolute Gasteiger partial charge is 0.227 e. The topological polar surface area (TPSA) is 59.7 Å². The highest BCUT2D eigenvalue weighted by Crippen LogP contribution is 2.14. The third-order valence-corrected chi connectivity index (χ3v) is 2.46. The van der Waals surface area contributed by atoms with Crippen LogP contribution in [0.5, 0.6) is 11.5 Å². The van der Waals surface area contributed by atoms with E-state index in [1.54, 1.807) is 6.08 Å². The number of ether oxygens (including phenoxy) is 1. The molecule has 0 saturated heterocycles. The molecule has 0 saturated carbocycles. The number of benzene rings is 1. The van der Waals surface area contributed by atoms with Crippen LogP contribution >= 0.6 is 0 Å². The average molecular weight is 258 g/mol. The minimum absolute atomic E-state index is 0.386. The molecule has 1 N–H and O–H groups in total. The van der Waals surface area contributed by atoms with Crippen LogP contribution in [-0.2, 0) is 0 Å². The molecule has 1 heterocycles. The summed E-state index contributed by atoms with van der Waals surface area (Å²) in [4.78, 5) is 11.2. The van der Waals surface area contributed by atoms with Gasteiger partial charge in [0.1, 0.15) is 17.8 Å². The van der Waals surface area contributed by atoms with E-state index in [2.05, 4.69) is 0 Å². The summed E-state index contributed by atoms with van der Waals surface area (Å²) in [5.74, 6) is 0.811. The quantitative estimate of drug-likeness (QED) is 0.916. The van der Waals surface area contributed by atoms with E-state index in [1.807, 2.05) is 37.3 Å². The van der Waals surface area contributed by atoms with Crippen LogP contribution in [0.2, 0.25) is 0 Å². The Hall–Kier alpha value is -2.49. The Balaban J connectivity index is 2.13. The molecule has 0 fully saturated rings. The molecule has 0 aliphatic heterocycles. The van der Waals surface area contributed by atoms with E-state index in [0.717, 1.165) is 17.6 Å². The van der Waals surface area contributed by atoms with Crippen LogP contribution in [0.4, 0.5) is 0 Å². The van der Waals surface area contributed by atoms with Crippen LogP contribution < -0.4 is 10.2 Å². The number of rotatable bonds is 4. The van der Waals surface area contributed by atoms with Crippen molar-refractivity contribution in [2.24, 2.45) is 0 Å². The largest absolute Gasteiger partial charge is 0.502 e. The average Bonchev–Trinajstić information content (AvgIpc) is 2.42. The van der Waals surface area contributed by atoms with E-state index in [9.17, 15) is 4.79 Å². The van der Waals surface area contributed by atoms with E-state index in [1.165, 1.54) is 6.07 Å². The fourth-order valence-corrected chi connectivity index (χ4v) is 1.53. The lowest BCUT2D eigenvalue weighted by atomic mass is 10.2.